The number of nitrogens with zero attached hydrogens (tertiary/aromatic N) is 1. The van der Waals surface area contributed by atoms with Gasteiger partial charge in [0.15, 0.2) is 0 Å². The zero-order valence-electron chi connectivity index (χ0n) is 12.7. The van der Waals surface area contributed by atoms with Crippen LogP contribution >= 0.6 is 11.6 Å². The summed E-state index contributed by atoms with van der Waals surface area (Å²) in [6, 6.07) is 13.0. The van der Waals surface area contributed by atoms with Crippen molar-refractivity contribution in [3.8, 4) is 5.75 Å². The predicted molar refractivity (Wildman–Crippen MR) is 91.6 cm³/mol. The molecule has 0 aliphatic carbocycles. The second kappa shape index (κ2) is 7.48. The first kappa shape index (κ1) is 17.3. The Labute approximate surface area is 141 Å². The van der Waals surface area contributed by atoms with E-state index in [9.17, 15) is 8.42 Å². The van der Waals surface area contributed by atoms with Crippen molar-refractivity contribution < 1.29 is 13.2 Å². The minimum Gasteiger partial charge on any atom is -0.491 e. The second-order valence-corrected chi connectivity index (χ2v) is 7.14. The van der Waals surface area contributed by atoms with Crippen molar-refractivity contribution >= 4 is 27.8 Å². The molecular formula is C16H17ClN2O3S. The van der Waals surface area contributed by atoms with E-state index in [1.807, 2.05) is 13.8 Å². The van der Waals surface area contributed by atoms with Gasteiger partial charge in [0.2, 0.25) is 0 Å². The van der Waals surface area contributed by atoms with E-state index < -0.39 is 10.0 Å². The lowest BCUT2D eigenvalue weighted by atomic mass is 10.2. The maximum atomic E-state index is 12.1. The first-order chi connectivity index (χ1) is 10.9. The Morgan fingerprint density at radius 3 is 2.26 bits per heavy atom. The molecule has 2 aromatic carbocycles. The molecule has 0 aliphatic rings. The molecule has 122 valence electrons. The van der Waals surface area contributed by atoms with E-state index in [1.165, 1.54) is 18.3 Å². The number of benzene rings is 2. The normalized spacial score (nSPS) is 11.8. The van der Waals surface area contributed by atoms with Gasteiger partial charge in [-0.05, 0) is 55.8 Å². The highest BCUT2D eigenvalue weighted by Gasteiger charge is 2.12. The van der Waals surface area contributed by atoms with Gasteiger partial charge in [0, 0.05) is 5.02 Å². The van der Waals surface area contributed by atoms with E-state index in [1.54, 1.807) is 36.4 Å². The topological polar surface area (TPSA) is 67.8 Å². The second-order valence-electron chi connectivity index (χ2n) is 5.04. The van der Waals surface area contributed by atoms with Crippen molar-refractivity contribution in [2.24, 2.45) is 5.10 Å². The van der Waals surface area contributed by atoms with E-state index in [4.69, 9.17) is 16.3 Å². The number of rotatable bonds is 6. The van der Waals surface area contributed by atoms with E-state index in [2.05, 4.69) is 9.93 Å². The number of halogens is 1. The molecule has 0 aromatic heterocycles. The highest BCUT2D eigenvalue weighted by molar-refractivity contribution is 7.89. The number of nitrogens with one attached hydrogen (secondary N) is 1. The number of ether oxygens (including phenoxy) is 1. The summed E-state index contributed by atoms with van der Waals surface area (Å²) in [5, 5.41) is 4.36. The molecule has 0 fully saturated rings. The highest BCUT2D eigenvalue weighted by atomic mass is 35.5. The van der Waals surface area contributed by atoms with Crippen molar-refractivity contribution in [1.29, 1.82) is 0 Å². The summed E-state index contributed by atoms with van der Waals surface area (Å²) in [5.41, 5.74) is 0.734. The van der Waals surface area contributed by atoms with E-state index in [-0.39, 0.29) is 11.0 Å². The molecule has 0 bridgehead atoms. The maximum Gasteiger partial charge on any atom is 0.276 e. The fourth-order valence-corrected chi connectivity index (χ4v) is 2.66. The van der Waals surface area contributed by atoms with Crippen molar-refractivity contribution in [2.45, 2.75) is 24.8 Å². The van der Waals surface area contributed by atoms with Crippen molar-refractivity contribution in [2.75, 3.05) is 0 Å². The molecule has 2 rings (SSSR count). The summed E-state index contributed by atoms with van der Waals surface area (Å²) in [6.45, 7) is 3.80. The molecule has 7 heteroatoms. The van der Waals surface area contributed by atoms with Gasteiger partial charge in [-0.3, -0.25) is 0 Å². The van der Waals surface area contributed by atoms with Crippen LogP contribution in [-0.4, -0.2) is 20.7 Å². The zero-order chi connectivity index (χ0) is 16.9. The molecule has 23 heavy (non-hydrogen) atoms. The Morgan fingerprint density at radius 2 is 1.70 bits per heavy atom. The first-order valence-electron chi connectivity index (χ1n) is 6.94. The lowest BCUT2D eigenvalue weighted by Gasteiger charge is -2.10. The fourth-order valence-electron chi connectivity index (χ4n) is 1.74. The molecule has 1 N–H and O–H groups in total. The Morgan fingerprint density at radius 1 is 1.09 bits per heavy atom. The number of hydrogen-bond donors (Lipinski definition) is 1. The lowest BCUT2D eigenvalue weighted by molar-refractivity contribution is 0.242. The van der Waals surface area contributed by atoms with Crippen LogP contribution in [0.15, 0.2) is 58.5 Å². The Kier molecular flexibility index (Phi) is 5.63. The SMILES string of the molecule is CC(C)Oc1ccc(S(=O)(=O)N/N=C/c2ccc(Cl)cc2)cc1. The van der Waals surface area contributed by atoms with Crippen LogP contribution in [0.25, 0.3) is 0 Å². The van der Waals surface area contributed by atoms with Gasteiger partial charge in [0.25, 0.3) is 10.0 Å². The molecule has 0 unspecified atom stereocenters. The third-order valence-electron chi connectivity index (χ3n) is 2.76. The molecule has 0 aliphatic heterocycles. The molecule has 0 heterocycles. The van der Waals surface area contributed by atoms with Crippen LogP contribution < -0.4 is 9.57 Å². The van der Waals surface area contributed by atoms with Gasteiger partial charge in [-0.1, -0.05) is 23.7 Å². The Hall–Kier alpha value is -2.05. The summed E-state index contributed by atoms with van der Waals surface area (Å²) in [5.74, 6) is 0.614. The van der Waals surface area contributed by atoms with Gasteiger partial charge in [0.05, 0.1) is 17.2 Å². The van der Waals surface area contributed by atoms with E-state index in [0.717, 1.165) is 5.56 Å². The van der Waals surface area contributed by atoms with E-state index >= 15 is 0 Å². The minimum absolute atomic E-state index is 0.0274. The third kappa shape index (κ3) is 5.26. The zero-order valence-corrected chi connectivity index (χ0v) is 14.3. The van der Waals surface area contributed by atoms with Gasteiger partial charge in [-0.25, -0.2) is 4.83 Å². The molecule has 0 spiro atoms. The Balaban J connectivity index is 2.05. The van der Waals surface area contributed by atoms with Crippen LogP contribution in [0.4, 0.5) is 0 Å². The summed E-state index contributed by atoms with van der Waals surface area (Å²) >= 11 is 5.78. The Bertz CT molecular complexity index is 770. The molecule has 5 nitrogen and oxygen atoms in total. The smallest absolute Gasteiger partial charge is 0.276 e. The van der Waals surface area contributed by atoms with Crippen LogP contribution in [0, 0.1) is 0 Å². The standard InChI is InChI=1S/C16H17ClN2O3S/c1-12(2)22-15-7-9-16(10-8-15)23(20,21)19-18-11-13-3-5-14(17)6-4-13/h3-12,19H,1-2H3/b18-11+. The molecule has 0 saturated heterocycles. The minimum atomic E-state index is -3.71. The van der Waals surface area contributed by atoms with Crippen LogP contribution in [0.3, 0.4) is 0 Å². The summed E-state index contributed by atoms with van der Waals surface area (Å²) in [6.07, 6.45) is 1.43. The summed E-state index contributed by atoms with van der Waals surface area (Å²) in [4.78, 5) is 2.28. The number of hydrogen-bond acceptors (Lipinski definition) is 4. The van der Waals surface area contributed by atoms with Crippen LogP contribution in [0.5, 0.6) is 5.75 Å². The van der Waals surface area contributed by atoms with Crippen LogP contribution in [-0.2, 0) is 10.0 Å². The molecular weight excluding hydrogens is 336 g/mol. The maximum absolute atomic E-state index is 12.1. The molecule has 2 aromatic rings. The van der Waals surface area contributed by atoms with Gasteiger partial charge >= 0.3 is 0 Å². The molecule has 0 radical (unpaired) electrons. The van der Waals surface area contributed by atoms with E-state index in [0.29, 0.717) is 10.8 Å². The average molecular weight is 353 g/mol. The predicted octanol–water partition coefficient (Wildman–Crippen LogP) is 3.44. The monoisotopic (exact) mass is 352 g/mol. The van der Waals surface area contributed by atoms with Gasteiger partial charge in [-0.2, -0.15) is 13.5 Å². The van der Waals surface area contributed by atoms with Crippen molar-refractivity contribution in [3.63, 3.8) is 0 Å². The van der Waals surface area contributed by atoms with Gasteiger partial charge in [-0.15, -0.1) is 0 Å². The quantitative estimate of drug-likeness (QED) is 0.639. The lowest BCUT2D eigenvalue weighted by Crippen LogP contribution is -2.18. The first-order valence-corrected chi connectivity index (χ1v) is 8.80. The van der Waals surface area contributed by atoms with Crippen molar-refractivity contribution in [1.82, 2.24) is 4.83 Å². The summed E-state index contributed by atoms with van der Waals surface area (Å²) in [7, 11) is -3.71. The fraction of sp³-hybridized carbons (Fsp3) is 0.188. The van der Waals surface area contributed by atoms with Crippen LogP contribution in [0.1, 0.15) is 19.4 Å². The average Bonchev–Trinajstić information content (AvgIpc) is 2.49. The van der Waals surface area contributed by atoms with Gasteiger partial charge < -0.3 is 4.74 Å². The molecule has 0 amide bonds. The summed E-state index contributed by atoms with van der Waals surface area (Å²) < 4.78 is 29.7. The largest absolute Gasteiger partial charge is 0.491 e. The van der Waals surface area contributed by atoms with Crippen LogP contribution in [0.2, 0.25) is 5.02 Å². The molecule has 0 saturated carbocycles. The molecule has 0 atom stereocenters. The van der Waals surface area contributed by atoms with Crippen molar-refractivity contribution in [3.05, 3.63) is 59.1 Å². The number of sulfonamides is 1. The third-order valence-corrected chi connectivity index (χ3v) is 4.25. The van der Waals surface area contributed by atoms with Gasteiger partial charge in [0.1, 0.15) is 5.75 Å². The number of hydrazone groups is 1. The highest BCUT2D eigenvalue weighted by Crippen LogP contribution is 2.17.